The van der Waals surface area contributed by atoms with Crippen LogP contribution in [0.15, 0.2) is 70.5 Å². The lowest BCUT2D eigenvalue weighted by molar-refractivity contribution is -0.114. The number of nitrogens with zero attached hydrogens (tertiary/aromatic N) is 1. The molecule has 156 valence electrons. The molecule has 1 heterocycles. The topological polar surface area (TPSA) is 86.9 Å². The molecule has 0 fully saturated rings. The van der Waals surface area contributed by atoms with Crippen molar-refractivity contribution < 1.29 is 14.0 Å². The van der Waals surface area contributed by atoms with Gasteiger partial charge in [0.1, 0.15) is 5.82 Å². The lowest BCUT2D eigenvalue weighted by Gasteiger charge is -2.09. The summed E-state index contributed by atoms with van der Waals surface area (Å²) in [6, 6.07) is 17.5. The molecule has 4 aromatic rings. The second-order valence-corrected chi connectivity index (χ2v) is 8.18. The molecule has 0 radical (unpaired) electrons. The Morgan fingerprint density at radius 3 is 2.61 bits per heavy atom. The van der Waals surface area contributed by atoms with Crippen LogP contribution in [0.4, 0.5) is 15.9 Å². The van der Waals surface area contributed by atoms with Gasteiger partial charge in [-0.25, -0.2) is 4.39 Å². The Hall–Kier alpha value is -3.65. The van der Waals surface area contributed by atoms with Gasteiger partial charge in [-0.05, 0) is 55.5 Å². The van der Waals surface area contributed by atoms with Crippen LogP contribution in [0.5, 0.6) is 0 Å². The first kappa shape index (κ1) is 20.6. The Kier molecular flexibility index (Phi) is 5.73. The number of halogens is 1. The maximum atomic E-state index is 14.0. The highest BCUT2D eigenvalue weighted by Crippen LogP contribution is 2.32. The van der Waals surface area contributed by atoms with Crippen LogP contribution in [0.3, 0.4) is 0 Å². The van der Waals surface area contributed by atoms with Crippen molar-refractivity contribution in [2.45, 2.75) is 23.6 Å². The number of aromatic amines is 1. The Bertz CT molecular complexity index is 1300. The number of hydrogen-bond donors (Lipinski definition) is 3. The van der Waals surface area contributed by atoms with Gasteiger partial charge in [0.15, 0.2) is 5.82 Å². The monoisotopic (exact) mass is 434 g/mol. The Balaban J connectivity index is 1.51. The third-order valence-electron chi connectivity index (χ3n) is 4.52. The molecule has 0 aliphatic heterocycles. The third-order valence-corrected chi connectivity index (χ3v) is 5.50. The highest BCUT2D eigenvalue weighted by Gasteiger charge is 2.13. The number of hydrogen-bond acceptors (Lipinski definition) is 4. The molecule has 31 heavy (non-hydrogen) atoms. The van der Waals surface area contributed by atoms with E-state index in [1.54, 1.807) is 12.1 Å². The Morgan fingerprint density at radius 1 is 1.00 bits per heavy atom. The lowest BCUT2D eigenvalue weighted by Crippen LogP contribution is -2.14. The number of H-pyrrole nitrogens is 1. The second kappa shape index (κ2) is 8.61. The van der Waals surface area contributed by atoms with Crippen LogP contribution in [-0.2, 0) is 4.79 Å². The largest absolute Gasteiger partial charge is 0.322 e. The maximum Gasteiger partial charge on any atom is 0.258 e. The van der Waals surface area contributed by atoms with Crippen molar-refractivity contribution >= 4 is 46.0 Å². The van der Waals surface area contributed by atoms with Crippen LogP contribution in [0, 0.1) is 12.7 Å². The van der Waals surface area contributed by atoms with Gasteiger partial charge >= 0.3 is 0 Å². The van der Waals surface area contributed by atoms with Gasteiger partial charge in [-0.15, -0.1) is 0 Å². The number of amides is 2. The van der Waals surface area contributed by atoms with Gasteiger partial charge in [0.25, 0.3) is 5.91 Å². The average molecular weight is 434 g/mol. The molecule has 0 saturated heterocycles. The first-order chi connectivity index (χ1) is 14.9. The van der Waals surface area contributed by atoms with E-state index in [4.69, 9.17) is 0 Å². The van der Waals surface area contributed by atoms with Gasteiger partial charge in [-0.2, -0.15) is 5.10 Å². The molecule has 3 N–H and O–H groups in total. The molecule has 4 rings (SSSR count). The van der Waals surface area contributed by atoms with E-state index in [1.165, 1.54) is 30.8 Å². The molecule has 0 aliphatic rings. The van der Waals surface area contributed by atoms with Gasteiger partial charge in [0.05, 0.1) is 11.1 Å². The summed E-state index contributed by atoms with van der Waals surface area (Å²) < 4.78 is 14.0. The van der Waals surface area contributed by atoms with Crippen LogP contribution >= 0.6 is 11.8 Å². The fourth-order valence-electron chi connectivity index (χ4n) is 3.11. The number of nitrogens with one attached hydrogen (secondary N) is 3. The predicted octanol–water partition coefficient (Wildman–Crippen LogP) is 5.37. The molecule has 8 heteroatoms. The number of carbonyl (C=O) groups excluding carboxylic acids is 2. The van der Waals surface area contributed by atoms with Crippen molar-refractivity contribution in [2.75, 3.05) is 10.6 Å². The minimum Gasteiger partial charge on any atom is -0.322 e. The Morgan fingerprint density at radius 2 is 1.81 bits per heavy atom. The van der Waals surface area contributed by atoms with E-state index in [0.717, 1.165) is 26.3 Å². The molecule has 1 aromatic heterocycles. The summed E-state index contributed by atoms with van der Waals surface area (Å²) >= 11 is 1.51. The van der Waals surface area contributed by atoms with Gasteiger partial charge in [-0.1, -0.05) is 29.5 Å². The van der Waals surface area contributed by atoms with Crippen molar-refractivity contribution in [3.05, 3.63) is 77.6 Å². The van der Waals surface area contributed by atoms with Crippen molar-refractivity contribution in [1.82, 2.24) is 10.2 Å². The summed E-state index contributed by atoms with van der Waals surface area (Å²) in [5.41, 5.74) is 2.20. The summed E-state index contributed by atoms with van der Waals surface area (Å²) in [7, 11) is 0. The van der Waals surface area contributed by atoms with E-state index >= 15 is 0 Å². The number of rotatable bonds is 5. The number of aromatic nitrogens is 2. The van der Waals surface area contributed by atoms with E-state index in [0.29, 0.717) is 11.5 Å². The first-order valence-corrected chi connectivity index (χ1v) is 10.3. The molecule has 0 atom stereocenters. The average Bonchev–Trinajstić information content (AvgIpc) is 3.11. The van der Waals surface area contributed by atoms with Gasteiger partial charge in [0.2, 0.25) is 5.91 Å². The van der Waals surface area contributed by atoms with Crippen molar-refractivity contribution in [3.8, 4) is 0 Å². The number of benzene rings is 3. The van der Waals surface area contributed by atoms with Gasteiger partial charge < -0.3 is 10.6 Å². The van der Waals surface area contributed by atoms with Crippen LogP contribution in [0.25, 0.3) is 10.9 Å². The molecular formula is C23H19FN4O2S. The molecule has 0 bridgehead atoms. The molecular weight excluding hydrogens is 415 g/mol. The zero-order valence-corrected chi connectivity index (χ0v) is 17.6. The highest BCUT2D eigenvalue weighted by atomic mass is 32.2. The SMILES string of the molecule is CC(=O)Nc1n[nH]c2cc(Sc3cccc(NC(=O)c4cc(C)ccc4F)c3)ccc12. The molecule has 3 aromatic carbocycles. The second-order valence-electron chi connectivity index (χ2n) is 7.03. The fraction of sp³-hybridized carbons (Fsp3) is 0.0870. The van der Waals surface area contributed by atoms with Gasteiger partial charge in [0, 0.05) is 27.8 Å². The Labute approximate surface area is 182 Å². The van der Waals surface area contributed by atoms with Crippen LogP contribution in [0.2, 0.25) is 0 Å². The molecule has 6 nitrogen and oxygen atoms in total. The minimum atomic E-state index is -0.555. The maximum absolute atomic E-state index is 14.0. The van der Waals surface area contributed by atoms with E-state index in [9.17, 15) is 14.0 Å². The molecule has 0 unspecified atom stereocenters. The number of anilines is 2. The predicted molar refractivity (Wildman–Crippen MR) is 120 cm³/mol. The highest BCUT2D eigenvalue weighted by molar-refractivity contribution is 7.99. The van der Waals surface area contributed by atoms with Crippen molar-refractivity contribution in [2.24, 2.45) is 0 Å². The normalized spacial score (nSPS) is 10.8. The van der Waals surface area contributed by atoms with Crippen LogP contribution < -0.4 is 10.6 Å². The zero-order valence-electron chi connectivity index (χ0n) is 16.8. The van der Waals surface area contributed by atoms with E-state index in [-0.39, 0.29) is 11.5 Å². The van der Waals surface area contributed by atoms with Gasteiger partial charge in [-0.3, -0.25) is 14.7 Å². The first-order valence-electron chi connectivity index (χ1n) is 9.50. The van der Waals surface area contributed by atoms with E-state index < -0.39 is 11.7 Å². The van der Waals surface area contributed by atoms with E-state index in [1.807, 2.05) is 43.3 Å². The summed E-state index contributed by atoms with van der Waals surface area (Å²) in [5, 5.41) is 13.3. The fourth-order valence-corrected chi connectivity index (χ4v) is 4.03. The molecule has 0 spiro atoms. The van der Waals surface area contributed by atoms with Crippen LogP contribution in [0.1, 0.15) is 22.8 Å². The summed E-state index contributed by atoms with van der Waals surface area (Å²) in [6.07, 6.45) is 0. The smallest absolute Gasteiger partial charge is 0.258 e. The molecule has 2 amide bonds. The van der Waals surface area contributed by atoms with Crippen molar-refractivity contribution in [1.29, 1.82) is 0 Å². The summed E-state index contributed by atoms with van der Waals surface area (Å²) in [4.78, 5) is 25.6. The van der Waals surface area contributed by atoms with E-state index in [2.05, 4.69) is 20.8 Å². The lowest BCUT2D eigenvalue weighted by atomic mass is 10.1. The standard InChI is InChI=1S/C23H19FN4O2S/c1-13-6-9-20(24)19(10-13)23(30)26-15-4-3-5-16(11-15)31-17-7-8-18-21(12-17)27-28-22(18)25-14(2)29/h3-12H,1-2H3,(H,26,30)(H2,25,27,28,29). The summed E-state index contributed by atoms with van der Waals surface area (Å²) in [6.45, 7) is 3.24. The quantitative estimate of drug-likeness (QED) is 0.394. The van der Waals surface area contributed by atoms with Crippen molar-refractivity contribution in [3.63, 3.8) is 0 Å². The minimum absolute atomic E-state index is 0.0118. The number of fused-ring (bicyclic) bond motifs is 1. The summed E-state index contributed by atoms with van der Waals surface area (Å²) in [5.74, 6) is -0.740. The third kappa shape index (κ3) is 4.75. The molecule has 0 aliphatic carbocycles. The number of aryl methyl sites for hydroxylation is 1. The number of carbonyl (C=O) groups is 2. The zero-order chi connectivity index (χ0) is 22.0. The van der Waals surface area contributed by atoms with Crippen LogP contribution in [-0.4, -0.2) is 22.0 Å². The molecule has 0 saturated carbocycles.